The summed E-state index contributed by atoms with van der Waals surface area (Å²) in [4.78, 5) is 12.1. The molecule has 2 aromatic rings. The van der Waals surface area contributed by atoms with E-state index in [9.17, 15) is 18.0 Å². The molecule has 0 aliphatic rings. The average Bonchev–Trinajstić information content (AvgIpc) is 2.92. The van der Waals surface area contributed by atoms with E-state index in [2.05, 4.69) is 14.9 Å². The molecular weight excluding hydrogens is 307 g/mol. The molecule has 0 spiro atoms. The van der Waals surface area contributed by atoms with E-state index in [0.29, 0.717) is 5.00 Å². The highest BCUT2D eigenvalue weighted by molar-refractivity contribution is 7.10. The molecule has 1 amide bonds. The third-order valence-electron chi connectivity index (χ3n) is 2.63. The van der Waals surface area contributed by atoms with Gasteiger partial charge in [-0.25, -0.2) is 0 Å². The van der Waals surface area contributed by atoms with Crippen LogP contribution in [0, 0.1) is 0 Å². The van der Waals surface area contributed by atoms with Gasteiger partial charge in [0.25, 0.3) is 5.91 Å². The van der Waals surface area contributed by atoms with Gasteiger partial charge in [0.2, 0.25) is 0 Å². The molecule has 0 saturated heterocycles. The number of hydrogen-bond donors (Lipinski definition) is 1. The summed E-state index contributed by atoms with van der Waals surface area (Å²) in [5.41, 5.74) is -1.16. The van der Waals surface area contributed by atoms with Gasteiger partial charge in [-0.2, -0.15) is 13.2 Å². The van der Waals surface area contributed by atoms with E-state index in [-0.39, 0.29) is 5.56 Å². The number of nitrogens with zero attached hydrogens (tertiary/aromatic N) is 2. The summed E-state index contributed by atoms with van der Waals surface area (Å²) in [7, 11) is 1.17. The second kappa shape index (κ2) is 6.19. The monoisotopic (exact) mass is 317 g/mol. The molecule has 5 nitrogen and oxygen atoms in total. The number of carbonyl (C=O) groups excluding carboxylic acids is 1. The average molecular weight is 317 g/mol. The largest absolute Gasteiger partial charge is 0.416 e. The van der Waals surface area contributed by atoms with Crippen molar-refractivity contribution in [2.75, 3.05) is 12.4 Å². The number of alkyl halides is 3. The fourth-order valence-corrected chi connectivity index (χ4v) is 2.19. The first-order valence-electron chi connectivity index (χ1n) is 5.70. The van der Waals surface area contributed by atoms with E-state index in [1.54, 1.807) is 0 Å². The zero-order chi connectivity index (χ0) is 15.5. The summed E-state index contributed by atoms with van der Waals surface area (Å²) < 4.78 is 47.4. The van der Waals surface area contributed by atoms with Gasteiger partial charge in [0, 0.05) is 24.2 Å². The van der Waals surface area contributed by atoms with E-state index in [1.807, 2.05) is 0 Å². The van der Waals surface area contributed by atoms with Gasteiger partial charge in [-0.05, 0) is 6.07 Å². The van der Waals surface area contributed by atoms with Gasteiger partial charge in [-0.3, -0.25) is 4.79 Å². The standard InChI is InChI=1S/C12H10F3N3O2S/c1-20-10(11(19)17-9-6-16-18-21-9)7-4-2-3-5-8(7)12(13,14)15/h2-6,10H,1H3,(H,17,19). The summed E-state index contributed by atoms with van der Waals surface area (Å²) in [6, 6.07) is 4.78. The quantitative estimate of drug-likeness (QED) is 0.942. The Balaban J connectivity index is 2.31. The molecule has 1 atom stereocenters. The van der Waals surface area contributed by atoms with Gasteiger partial charge in [0.05, 0.1) is 11.8 Å². The van der Waals surface area contributed by atoms with E-state index < -0.39 is 23.8 Å². The topological polar surface area (TPSA) is 64.1 Å². The van der Waals surface area contributed by atoms with E-state index in [4.69, 9.17) is 4.74 Å². The van der Waals surface area contributed by atoms with Crippen molar-refractivity contribution in [2.45, 2.75) is 12.3 Å². The highest BCUT2D eigenvalue weighted by atomic mass is 32.1. The summed E-state index contributed by atoms with van der Waals surface area (Å²) in [5.74, 6) is -0.722. The zero-order valence-corrected chi connectivity index (χ0v) is 11.5. The zero-order valence-electron chi connectivity index (χ0n) is 10.7. The smallest absolute Gasteiger partial charge is 0.367 e. The van der Waals surface area contributed by atoms with E-state index in [0.717, 1.165) is 17.6 Å². The van der Waals surface area contributed by atoms with Gasteiger partial charge in [-0.1, -0.05) is 22.7 Å². The molecule has 1 aromatic heterocycles. The van der Waals surface area contributed by atoms with Crippen molar-refractivity contribution in [3.05, 3.63) is 41.6 Å². The number of amides is 1. The molecule has 0 fully saturated rings. The molecule has 1 aromatic carbocycles. The van der Waals surface area contributed by atoms with Gasteiger partial charge in [0.1, 0.15) is 5.00 Å². The molecule has 0 bridgehead atoms. The highest BCUT2D eigenvalue weighted by Crippen LogP contribution is 2.35. The van der Waals surface area contributed by atoms with Crippen LogP contribution in [0.15, 0.2) is 30.5 Å². The summed E-state index contributed by atoms with van der Waals surface area (Å²) >= 11 is 0.913. The third kappa shape index (κ3) is 3.56. The molecule has 0 saturated carbocycles. The fraction of sp³-hybridized carbons (Fsp3) is 0.250. The first-order valence-corrected chi connectivity index (χ1v) is 6.48. The number of aromatic nitrogens is 2. The van der Waals surface area contributed by atoms with Crippen molar-refractivity contribution in [2.24, 2.45) is 0 Å². The molecule has 0 radical (unpaired) electrons. The number of hydrogen-bond acceptors (Lipinski definition) is 5. The number of benzene rings is 1. The Hall–Kier alpha value is -2.00. The lowest BCUT2D eigenvalue weighted by Gasteiger charge is -2.19. The second-order valence-electron chi connectivity index (χ2n) is 3.97. The van der Waals surface area contributed by atoms with Crippen molar-refractivity contribution >= 4 is 22.4 Å². The first-order chi connectivity index (χ1) is 9.93. The van der Waals surface area contributed by atoms with Gasteiger partial charge < -0.3 is 10.1 Å². The maximum absolute atomic E-state index is 13.0. The minimum atomic E-state index is -4.57. The number of methoxy groups -OCH3 is 1. The van der Waals surface area contributed by atoms with Crippen LogP contribution in [0.3, 0.4) is 0 Å². The van der Waals surface area contributed by atoms with Crippen molar-refractivity contribution in [1.29, 1.82) is 0 Å². The van der Waals surface area contributed by atoms with Crippen molar-refractivity contribution in [3.8, 4) is 0 Å². The summed E-state index contributed by atoms with van der Waals surface area (Å²) in [6.07, 6.45) is -4.66. The predicted octanol–water partition coefficient (Wildman–Crippen LogP) is 2.88. The van der Waals surface area contributed by atoms with Crippen LogP contribution in [-0.2, 0) is 15.7 Å². The van der Waals surface area contributed by atoms with Gasteiger partial charge >= 0.3 is 6.18 Å². The van der Waals surface area contributed by atoms with Crippen LogP contribution >= 0.6 is 11.5 Å². The number of halogens is 3. The van der Waals surface area contributed by atoms with Gasteiger partial charge in [0.15, 0.2) is 6.10 Å². The molecule has 2 rings (SSSR count). The normalized spacial score (nSPS) is 13.0. The molecule has 21 heavy (non-hydrogen) atoms. The third-order valence-corrected chi connectivity index (χ3v) is 3.21. The Bertz CT molecular complexity index is 616. The lowest BCUT2D eigenvalue weighted by molar-refractivity contribution is -0.140. The molecule has 9 heteroatoms. The van der Waals surface area contributed by atoms with E-state index in [1.165, 1.54) is 31.5 Å². The SMILES string of the molecule is COC(C(=O)Nc1cnns1)c1ccccc1C(F)(F)F. The van der Waals surface area contributed by atoms with Crippen molar-refractivity contribution in [1.82, 2.24) is 9.59 Å². The molecule has 1 N–H and O–H groups in total. The Labute approximate surface area is 121 Å². The maximum atomic E-state index is 13.0. The number of carbonyl (C=O) groups is 1. The Morgan fingerprint density at radius 3 is 2.67 bits per heavy atom. The number of ether oxygens (including phenoxy) is 1. The number of nitrogens with one attached hydrogen (secondary N) is 1. The molecular formula is C12H10F3N3O2S. The van der Waals surface area contributed by atoms with Crippen molar-refractivity contribution < 1.29 is 22.7 Å². The summed E-state index contributed by atoms with van der Waals surface area (Å²) in [6.45, 7) is 0. The molecule has 0 aliphatic carbocycles. The fourth-order valence-electron chi connectivity index (χ4n) is 1.77. The van der Waals surface area contributed by atoms with Crippen molar-refractivity contribution in [3.63, 3.8) is 0 Å². The van der Waals surface area contributed by atoms with Crippen LogP contribution in [0.1, 0.15) is 17.2 Å². The van der Waals surface area contributed by atoms with Crippen LogP contribution in [0.4, 0.5) is 18.2 Å². The Morgan fingerprint density at radius 2 is 2.10 bits per heavy atom. The van der Waals surface area contributed by atoms with E-state index >= 15 is 0 Å². The number of anilines is 1. The summed E-state index contributed by atoms with van der Waals surface area (Å²) in [5, 5.41) is 6.26. The number of rotatable bonds is 4. The highest BCUT2D eigenvalue weighted by Gasteiger charge is 2.36. The maximum Gasteiger partial charge on any atom is 0.416 e. The lowest BCUT2D eigenvalue weighted by Crippen LogP contribution is -2.24. The Morgan fingerprint density at radius 1 is 1.38 bits per heavy atom. The van der Waals surface area contributed by atoms with Crippen LogP contribution in [0.25, 0.3) is 0 Å². The van der Waals surface area contributed by atoms with Crippen LogP contribution < -0.4 is 5.32 Å². The molecule has 112 valence electrons. The molecule has 0 aliphatic heterocycles. The minimum Gasteiger partial charge on any atom is -0.367 e. The molecule has 1 unspecified atom stereocenters. The second-order valence-corrected chi connectivity index (χ2v) is 4.76. The van der Waals surface area contributed by atoms with Crippen LogP contribution in [0.2, 0.25) is 0 Å². The minimum absolute atomic E-state index is 0.248. The molecule has 1 heterocycles. The predicted molar refractivity (Wildman–Crippen MR) is 69.7 cm³/mol. The van der Waals surface area contributed by atoms with Crippen LogP contribution in [0.5, 0.6) is 0 Å². The first kappa shape index (κ1) is 15.4. The van der Waals surface area contributed by atoms with Gasteiger partial charge in [-0.15, -0.1) is 5.10 Å². The Kier molecular flexibility index (Phi) is 4.53. The lowest BCUT2D eigenvalue weighted by atomic mass is 10.0. The van der Waals surface area contributed by atoms with Crippen LogP contribution in [-0.4, -0.2) is 22.6 Å².